The first-order valence-electron chi connectivity index (χ1n) is 8.44. The van der Waals surface area contributed by atoms with Crippen molar-refractivity contribution in [1.82, 2.24) is 5.32 Å². The molecule has 0 saturated carbocycles. The van der Waals surface area contributed by atoms with E-state index in [9.17, 15) is 19.7 Å². The van der Waals surface area contributed by atoms with E-state index in [4.69, 9.17) is 6.48 Å². The second-order valence-electron chi connectivity index (χ2n) is 5.52. The fraction of sp³-hybridized carbons (Fsp3) is 0.222. The summed E-state index contributed by atoms with van der Waals surface area (Å²) in [7, 11) is 2.49. The number of benzene rings is 2. The van der Waals surface area contributed by atoms with Crippen LogP contribution in [0.2, 0.25) is 0 Å². The number of hydrogen-bond donors (Lipinski definition) is 2. The number of para-hydroxylation sites is 1. The monoisotopic (exact) mass is 408 g/mol. The molecule has 2 aromatic carbocycles. The summed E-state index contributed by atoms with van der Waals surface area (Å²) >= 11 is 0. The fourth-order valence-corrected chi connectivity index (χ4v) is 4.73. The number of aliphatic carboxylic acids is 1. The van der Waals surface area contributed by atoms with Gasteiger partial charge in [0, 0.05) is 11.8 Å². The molecular formula is C18H18N2O5S2. The van der Waals surface area contributed by atoms with Crippen molar-refractivity contribution in [2.24, 2.45) is 5.92 Å². The highest BCUT2D eigenvalue weighted by atomic mass is 33.1. The van der Waals surface area contributed by atoms with Crippen LogP contribution in [-0.2, 0) is 16.0 Å². The van der Waals surface area contributed by atoms with Gasteiger partial charge in [0.2, 0.25) is 5.91 Å². The minimum absolute atomic E-state index is 0.00575. The normalized spacial score (nSPS) is 12.1. The first-order chi connectivity index (χ1) is 13.4. The van der Waals surface area contributed by atoms with E-state index in [1.807, 2.05) is 0 Å². The number of nitro groups is 1. The quantitative estimate of drug-likeness (QED) is 0.352. The van der Waals surface area contributed by atoms with Crippen LogP contribution in [0.1, 0.15) is 6.93 Å². The molecule has 1 atom stereocenters. The van der Waals surface area contributed by atoms with Crippen molar-refractivity contribution in [3.05, 3.63) is 70.3 Å². The molecule has 0 fully saturated rings. The van der Waals surface area contributed by atoms with Gasteiger partial charge in [0.1, 0.15) is 6.54 Å². The molecule has 2 aromatic rings. The summed E-state index contributed by atoms with van der Waals surface area (Å²) in [4.78, 5) is 34.2. The highest BCUT2D eigenvalue weighted by molar-refractivity contribution is 8.76. The topological polar surface area (TPSA) is 110 Å². The number of nitro benzene ring substituents is 1. The van der Waals surface area contributed by atoms with Crippen LogP contribution in [0.3, 0.4) is 0 Å². The Morgan fingerprint density at radius 1 is 1.22 bits per heavy atom. The van der Waals surface area contributed by atoms with Gasteiger partial charge in [-0.15, -0.1) is 0 Å². The lowest BCUT2D eigenvalue weighted by Crippen LogP contribution is -2.36. The Bertz CT molecular complexity index is 865. The zero-order chi connectivity index (χ0) is 20.5. The molecule has 9 heteroatoms. The highest BCUT2D eigenvalue weighted by Crippen LogP contribution is 2.38. The molecular weight excluding hydrogens is 388 g/mol. The van der Waals surface area contributed by atoms with E-state index in [-0.39, 0.29) is 5.69 Å². The van der Waals surface area contributed by atoms with E-state index >= 15 is 0 Å². The van der Waals surface area contributed by atoms with Crippen molar-refractivity contribution in [2.45, 2.75) is 11.3 Å². The number of carbonyl (C=O) groups is 2. The predicted octanol–water partition coefficient (Wildman–Crippen LogP) is 3.39. The van der Waals surface area contributed by atoms with E-state index in [1.54, 1.807) is 42.5 Å². The zero-order valence-electron chi connectivity index (χ0n) is 15.2. The summed E-state index contributed by atoms with van der Waals surface area (Å²) in [6.45, 7) is -0.476. The number of rotatable bonds is 10. The van der Waals surface area contributed by atoms with Gasteiger partial charge >= 0.3 is 5.97 Å². The molecule has 0 aliphatic rings. The van der Waals surface area contributed by atoms with Crippen molar-refractivity contribution in [2.75, 3.05) is 12.3 Å². The maximum absolute atomic E-state index is 12.4. The minimum Gasteiger partial charge on any atom is -0.480 e. The lowest BCUT2D eigenvalue weighted by Gasteiger charge is -2.16. The molecule has 0 aromatic heterocycles. The van der Waals surface area contributed by atoms with Gasteiger partial charge in [-0.25, -0.2) is 0 Å². The molecule has 0 radical (unpaired) electrons. The molecule has 2 N–H and O–H groups in total. The van der Waals surface area contributed by atoms with Crippen molar-refractivity contribution in [3.63, 3.8) is 0 Å². The zero-order valence-corrected chi connectivity index (χ0v) is 15.8. The molecule has 1 amide bonds. The number of nitrogens with zero attached hydrogens (tertiary/aromatic N) is 1. The second-order valence-corrected chi connectivity index (χ2v) is 7.90. The Kier molecular flexibility index (Phi) is 7.55. The van der Waals surface area contributed by atoms with Crippen LogP contribution in [-0.4, -0.2) is 34.2 Å². The molecule has 1 unspecified atom stereocenters. The number of nitrogens with one attached hydrogen (secondary N) is 1. The average molecular weight is 408 g/mol. The number of hydrogen-bond acceptors (Lipinski definition) is 6. The number of carboxylic acids is 1. The first-order valence-corrected chi connectivity index (χ1v) is 10.3. The standard InChI is InChI=1S/C18H18N2O5S2/c21-17(22)11-19-18(23)14(10-13-6-2-1-3-7-13)12-26-27-16-9-5-4-8-15(16)20(24)25/h1-9,14H,10-12H2,(H,19,23)(H,21,22)/i2T. The third-order valence-electron chi connectivity index (χ3n) is 3.52. The highest BCUT2D eigenvalue weighted by Gasteiger charge is 2.21. The van der Waals surface area contributed by atoms with Gasteiger partial charge in [0.15, 0.2) is 0 Å². The van der Waals surface area contributed by atoms with Gasteiger partial charge in [0.05, 0.1) is 17.1 Å². The van der Waals surface area contributed by atoms with Crippen LogP contribution in [0.15, 0.2) is 59.5 Å². The molecule has 27 heavy (non-hydrogen) atoms. The van der Waals surface area contributed by atoms with Crippen molar-refractivity contribution in [1.29, 1.82) is 0 Å². The van der Waals surface area contributed by atoms with Crippen LogP contribution in [0.25, 0.3) is 0 Å². The first kappa shape index (κ1) is 19.2. The van der Waals surface area contributed by atoms with Gasteiger partial charge in [-0.05, 0) is 18.1 Å². The van der Waals surface area contributed by atoms with Gasteiger partial charge in [-0.1, -0.05) is 64.0 Å². The Morgan fingerprint density at radius 3 is 2.67 bits per heavy atom. The third-order valence-corrected chi connectivity index (χ3v) is 6.00. The Labute approximate surface area is 165 Å². The molecule has 0 bridgehead atoms. The molecule has 0 saturated heterocycles. The van der Waals surface area contributed by atoms with E-state index < -0.39 is 29.3 Å². The molecule has 0 spiro atoms. The maximum atomic E-state index is 12.4. The van der Waals surface area contributed by atoms with E-state index in [0.29, 0.717) is 23.1 Å². The average Bonchev–Trinajstić information content (AvgIpc) is 2.65. The van der Waals surface area contributed by atoms with E-state index in [1.165, 1.54) is 27.7 Å². The van der Waals surface area contributed by atoms with Crippen LogP contribution in [0.4, 0.5) is 5.69 Å². The second kappa shape index (κ2) is 10.6. The van der Waals surface area contributed by atoms with Gasteiger partial charge in [-0.3, -0.25) is 19.7 Å². The summed E-state index contributed by atoms with van der Waals surface area (Å²) in [6, 6.07) is 13.5. The molecule has 0 aliphatic carbocycles. The Balaban J connectivity index is 2.05. The third kappa shape index (κ3) is 6.95. The molecule has 0 aliphatic heterocycles. The van der Waals surface area contributed by atoms with Crippen LogP contribution in [0.5, 0.6) is 0 Å². The Hall–Kier alpha value is -2.52. The fourth-order valence-electron chi connectivity index (χ4n) is 2.23. The van der Waals surface area contributed by atoms with Crippen molar-refractivity contribution in [3.8, 4) is 0 Å². The maximum Gasteiger partial charge on any atom is 0.322 e. The van der Waals surface area contributed by atoms with E-state index in [0.717, 1.165) is 5.56 Å². The summed E-state index contributed by atoms with van der Waals surface area (Å²) < 4.78 is 7.69. The minimum atomic E-state index is -1.14. The number of carboxylic acid groups (broad SMARTS) is 1. The SMILES string of the molecule is [3H]c1cccc(CC(CSSc2ccccc2[N+](=O)[O-])C(=O)NCC(=O)O)c1. The molecule has 2 rings (SSSR count). The van der Waals surface area contributed by atoms with Gasteiger partial charge < -0.3 is 10.4 Å². The molecule has 0 heterocycles. The summed E-state index contributed by atoms with van der Waals surface area (Å²) in [5.74, 6) is -1.76. The van der Waals surface area contributed by atoms with Crippen LogP contribution < -0.4 is 5.32 Å². The van der Waals surface area contributed by atoms with Gasteiger partial charge in [0.25, 0.3) is 5.69 Å². The smallest absolute Gasteiger partial charge is 0.322 e. The summed E-state index contributed by atoms with van der Waals surface area (Å²) in [5, 5.41) is 22.2. The molecule has 7 nitrogen and oxygen atoms in total. The predicted molar refractivity (Wildman–Crippen MR) is 106 cm³/mol. The largest absolute Gasteiger partial charge is 0.480 e. The van der Waals surface area contributed by atoms with E-state index in [2.05, 4.69) is 5.32 Å². The number of amides is 1. The van der Waals surface area contributed by atoms with Crippen molar-refractivity contribution < 1.29 is 21.0 Å². The van der Waals surface area contributed by atoms with Crippen LogP contribution in [0, 0.1) is 16.0 Å². The molecule has 142 valence electrons. The van der Waals surface area contributed by atoms with Crippen LogP contribution >= 0.6 is 21.6 Å². The van der Waals surface area contributed by atoms with Gasteiger partial charge in [-0.2, -0.15) is 0 Å². The van der Waals surface area contributed by atoms with Crippen molar-refractivity contribution >= 4 is 39.2 Å². The summed E-state index contributed by atoms with van der Waals surface area (Å²) in [5.41, 5.74) is 0.785. The lowest BCUT2D eigenvalue weighted by molar-refractivity contribution is -0.387. The number of carbonyl (C=O) groups excluding carboxylic acids is 1. The summed E-state index contributed by atoms with van der Waals surface area (Å²) in [6.07, 6.45) is 0.336. The Morgan fingerprint density at radius 2 is 1.96 bits per heavy atom. The lowest BCUT2D eigenvalue weighted by atomic mass is 10.0.